The molecule has 0 aliphatic carbocycles. The molecule has 5 aromatic rings. The molecular weight excluding hydrogens is 420 g/mol. The van der Waals surface area contributed by atoms with Crippen LogP contribution in [0.25, 0.3) is 0 Å². The summed E-state index contributed by atoms with van der Waals surface area (Å²) in [6.07, 6.45) is 0. The van der Waals surface area contributed by atoms with Crippen molar-refractivity contribution in [3.8, 4) is 0 Å². The van der Waals surface area contributed by atoms with E-state index in [-0.39, 0.29) is 5.92 Å². The molecule has 5 aromatic carbocycles. The summed E-state index contributed by atoms with van der Waals surface area (Å²) in [6.45, 7) is 0. The van der Waals surface area contributed by atoms with E-state index in [1.807, 2.05) is 12.1 Å². The average Bonchev–Trinajstić information content (AvgIpc) is 2.90. The molecule has 0 saturated heterocycles. The van der Waals surface area contributed by atoms with E-state index in [1.165, 1.54) is 22.3 Å². The van der Waals surface area contributed by atoms with Crippen molar-refractivity contribution >= 4 is 11.6 Å². The molecule has 0 atom stereocenters. The van der Waals surface area contributed by atoms with E-state index in [4.69, 9.17) is 11.6 Å². The molecule has 0 unspecified atom stereocenters. The number of hydrogen-bond acceptors (Lipinski definition) is 0. The number of benzene rings is 5. The van der Waals surface area contributed by atoms with Gasteiger partial charge in [-0.2, -0.15) is 0 Å². The minimum absolute atomic E-state index is 0.00426. The highest BCUT2D eigenvalue weighted by Crippen LogP contribution is 2.54. The first-order valence-electron chi connectivity index (χ1n) is 11.3. The van der Waals surface area contributed by atoms with Crippen LogP contribution in [-0.4, -0.2) is 0 Å². The van der Waals surface area contributed by atoms with Crippen molar-refractivity contribution in [2.45, 2.75) is 11.3 Å². The van der Waals surface area contributed by atoms with Gasteiger partial charge in [0.1, 0.15) is 0 Å². The third kappa shape index (κ3) is 3.88. The van der Waals surface area contributed by atoms with E-state index in [0.29, 0.717) is 0 Å². The summed E-state index contributed by atoms with van der Waals surface area (Å²) in [5.74, 6) is 0.00426. The Balaban J connectivity index is 1.97. The molecule has 0 N–H and O–H groups in total. The predicted molar refractivity (Wildman–Crippen MR) is 139 cm³/mol. The average molecular weight is 445 g/mol. The van der Waals surface area contributed by atoms with E-state index < -0.39 is 5.41 Å². The Labute approximate surface area is 201 Å². The summed E-state index contributed by atoms with van der Waals surface area (Å²) in [5, 5.41) is 0.766. The lowest BCUT2D eigenvalue weighted by Crippen LogP contribution is -2.37. The van der Waals surface area contributed by atoms with E-state index in [2.05, 4.69) is 133 Å². The molecule has 0 heterocycles. The molecule has 0 aromatic heterocycles. The molecule has 33 heavy (non-hydrogen) atoms. The first-order chi connectivity index (χ1) is 16.3. The molecule has 5 rings (SSSR count). The molecule has 0 spiro atoms. The lowest BCUT2D eigenvalue weighted by atomic mass is 9.58. The second-order valence-corrected chi connectivity index (χ2v) is 8.68. The first kappa shape index (κ1) is 21.2. The van der Waals surface area contributed by atoms with Crippen LogP contribution in [0.5, 0.6) is 0 Å². The zero-order valence-corrected chi connectivity index (χ0v) is 19.1. The summed E-state index contributed by atoms with van der Waals surface area (Å²) in [6, 6.07) is 51.4. The van der Waals surface area contributed by atoms with E-state index in [1.54, 1.807) is 0 Å². The molecule has 0 aliphatic rings. The van der Waals surface area contributed by atoms with E-state index in [9.17, 15) is 0 Å². The Kier molecular flexibility index (Phi) is 6.11. The van der Waals surface area contributed by atoms with Gasteiger partial charge in [-0.15, -0.1) is 0 Å². The molecule has 1 heteroatoms. The van der Waals surface area contributed by atoms with Crippen molar-refractivity contribution in [2.24, 2.45) is 0 Å². The minimum Gasteiger partial charge on any atom is -0.0840 e. The molecule has 0 bridgehead atoms. The smallest absolute Gasteiger partial charge is 0.0574 e. The lowest BCUT2D eigenvalue weighted by Gasteiger charge is -2.44. The third-order valence-electron chi connectivity index (χ3n) is 6.46. The molecule has 0 fully saturated rings. The van der Waals surface area contributed by atoms with Crippen molar-refractivity contribution in [3.63, 3.8) is 0 Å². The Morgan fingerprint density at radius 1 is 0.424 bits per heavy atom. The quantitative estimate of drug-likeness (QED) is 0.230. The predicted octanol–water partition coefficient (Wildman–Crippen LogP) is 8.51. The summed E-state index contributed by atoms with van der Waals surface area (Å²) < 4.78 is 0. The van der Waals surface area contributed by atoms with Gasteiger partial charge in [-0.25, -0.2) is 0 Å². The highest BCUT2D eigenvalue weighted by atomic mass is 35.5. The van der Waals surface area contributed by atoms with Gasteiger partial charge in [-0.3, -0.25) is 0 Å². The van der Waals surface area contributed by atoms with Gasteiger partial charge in [0, 0.05) is 10.9 Å². The van der Waals surface area contributed by atoms with Gasteiger partial charge in [-0.05, 0) is 33.9 Å². The fourth-order valence-corrected chi connectivity index (χ4v) is 5.42. The fourth-order valence-electron chi connectivity index (χ4n) is 5.13. The SMILES string of the molecule is Clc1ccccc1C(c1ccccc1)(c1ccccc1)C(c1ccccc1)c1ccccc1. The lowest BCUT2D eigenvalue weighted by molar-refractivity contribution is 0.537. The summed E-state index contributed by atoms with van der Waals surface area (Å²) >= 11 is 7.03. The van der Waals surface area contributed by atoms with Gasteiger partial charge >= 0.3 is 0 Å². The largest absolute Gasteiger partial charge is 0.0840 e. The topological polar surface area (TPSA) is 0 Å². The fraction of sp³-hybridized carbons (Fsp3) is 0.0625. The molecule has 0 aliphatic heterocycles. The zero-order valence-electron chi connectivity index (χ0n) is 18.3. The standard InChI is InChI=1S/C32H25Cl/c33-30-24-14-13-23-29(30)32(27-19-9-3-10-20-27,28-21-11-4-12-22-28)31(25-15-5-1-6-16-25)26-17-7-2-8-18-26/h1-24,31H. The maximum absolute atomic E-state index is 7.03. The van der Waals surface area contributed by atoms with Gasteiger partial charge in [0.25, 0.3) is 0 Å². The van der Waals surface area contributed by atoms with E-state index >= 15 is 0 Å². The van der Waals surface area contributed by atoms with Crippen LogP contribution in [0.2, 0.25) is 5.02 Å². The first-order valence-corrected chi connectivity index (χ1v) is 11.7. The van der Waals surface area contributed by atoms with Crippen LogP contribution >= 0.6 is 11.6 Å². The molecule has 0 saturated carbocycles. The molecule has 0 amide bonds. The Bertz CT molecular complexity index is 1220. The zero-order chi connectivity index (χ0) is 22.5. The highest BCUT2D eigenvalue weighted by molar-refractivity contribution is 6.31. The number of rotatable bonds is 6. The third-order valence-corrected chi connectivity index (χ3v) is 6.79. The van der Waals surface area contributed by atoms with Gasteiger partial charge in [0.2, 0.25) is 0 Å². The molecule has 0 nitrogen and oxygen atoms in total. The summed E-state index contributed by atoms with van der Waals surface area (Å²) in [7, 11) is 0. The van der Waals surface area contributed by atoms with Crippen molar-refractivity contribution in [1.29, 1.82) is 0 Å². The summed E-state index contributed by atoms with van der Waals surface area (Å²) in [5.41, 5.74) is 5.47. The Morgan fingerprint density at radius 3 is 1.21 bits per heavy atom. The molecule has 0 radical (unpaired) electrons. The summed E-state index contributed by atoms with van der Waals surface area (Å²) in [4.78, 5) is 0. The van der Waals surface area contributed by atoms with Gasteiger partial charge < -0.3 is 0 Å². The maximum Gasteiger partial charge on any atom is 0.0574 e. The van der Waals surface area contributed by atoms with Crippen LogP contribution in [0, 0.1) is 0 Å². The Morgan fingerprint density at radius 2 is 0.788 bits per heavy atom. The number of hydrogen-bond donors (Lipinski definition) is 0. The second kappa shape index (κ2) is 9.48. The maximum atomic E-state index is 7.03. The second-order valence-electron chi connectivity index (χ2n) is 8.27. The van der Waals surface area contributed by atoms with Crippen molar-refractivity contribution in [1.82, 2.24) is 0 Å². The van der Waals surface area contributed by atoms with Crippen molar-refractivity contribution in [2.75, 3.05) is 0 Å². The van der Waals surface area contributed by atoms with Crippen LogP contribution in [0.1, 0.15) is 33.7 Å². The monoisotopic (exact) mass is 444 g/mol. The van der Waals surface area contributed by atoms with Crippen LogP contribution in [-0.2, 0) is 5.41 Å². The highest BCUT2D eigenvalue weighted by Gasteiger charge is 2.46. The van der Waals surface area contributed by atoms with Crippen LogP contribution in [0.4, 0.5) is 0 Å². The minimum atomic E-state index is -0.538. The van der Waals surface area contributed by atoms with Crippen LogP contribution in [0.15, 0.2) is 146 Å². The normalized spacial score (nSPS) is 11.5. The molecular formula is C32H25Cl. The van der Waals surface area contributed by atoms with Gasteiger partial charge in [-0.1, -0.05) is 151 Å². The Hall–Kier alpha value is -3.61. The van der Waals surface area contributed by atoms with E-state index in [0.717, 1.165) is 10.6 Å². The van der Waals surface area contributed by atoms with Crippen LogP contribution < -0.4 is 0 Å². The molecule has 160 valence electrons. The number of halogens is 1. The van der Waals surface area contributed by atoms with Gasteiger partial charge in [0.15, 0.2) is 0 Å². The van der Waals surface area contributed by atoms with Crippen molar-refractivity contribution < 1.29 is 0 Å². The van der Waals surface area contributed by atoms with Crippen LogP contribution in [0.3, 0.4) is 0 Å². The van der Waals surface area contributed by atoms with Crippen molar-refractivity contribution in [3.05, 3.63) is 178 Å². The van der Waals surface area contributed by atoms with Gasteiger partial charge in [0.05, 0.1) is 5.41 Å².